The van der Waals surface area contributed by atoms with Gasteiger partial charge >= 0.3 is 25.7 Å². The van der Waals surface area contributed by atoms with Crippen molar-refractivity contribution >= 4 is 25.7 Å². The number of allylic oxidation sites excluding steroid dienone is 2. The number of esters is 2. The molecule has 0 amide bonds. The molecule has 3 atom stereocenters. The van der Waals surface area contributed by atoms with E-state index >= 15 is 0 Å². The topological polar surface area (TPSA) is 172 Å². The van der Waals surface area contributed by atoms with Crippen LogP contribution in [0, 0.1) is 0 Å². The molecule has 0 aliphatic rings. The summed E-state index contributed by atoms with van der Waals surface area (Å²) in [6.45, 7) is 2.84. The van der Waals surface area contributed by atoms with Gasteiger partial charge in [-0.25, -0.2) is 4.57 Å². The molecule has 11 nitrogen and oxygen atoms in total. The molecule has 0 saturated carbocycles. The number of carbonyl (C=O) groups excluding carboxylic acids is 2. The second-order valence-corrected chi connectivity index (χ2v) is 18.4. The average Bonchev–Trinajstić information content (AvgIpc) is 3.22. The highest BCUT2D eigenvalue weighted by Gasteiger charge is 2.28. The van der Waals surface area contributed by atoms with E-state index in [2.05, 4.69) is 30.5 Å². The van der Waals surface area contributed by atoms with Crippen LogP contribution < -0.4 is 5.73 Å². The number of carboxylic acids is 1. The Balaban J connectivity index is 4.25. The minimum absolute atomic E-state index is 0.164. The van der Waals surface area contributed by atoms with Crippen molar-refractivity contribution in [3.8, 4) is 0 Å². The zero-order chi connectivity index (χ0) is 44.2. The molecule has 0 spiro atoms. The number of hydrogen-bond acceptors (Lipinski definition) is 9. The molecule has 0 fully saturated rings. The maximum atomic E-state index is 12.7. The monoisotopic (exact) mass is 874 g/mol. The standard InChI is InChI=1S/C48H92NO10P/c1-3-5-7-9-11-13-15-17-19-21-22-24-26-28-30-32-34-36-38-40-47(51)59-44(42-57-60(54,55)58-43-45(49)48(52)53)41-56-46(50)39-37-35-33-31-29-27-25-23-20-18-16-14-12-10-8-6-4-2/h17,19,44-45H,3-16,18,20-43,49H2,1-2H3,(H,52,53)(H,54,55)/b19-17-. The Hall–Kier alpha value is -1.78. The van der Waals surface area contributed by atoms with Gasteiger partial charge in [-0.2, -0.15) is 0 Å². The van der Waals surface area contributed by atoms with Gasteiger partial charge in [0, 0.05) is 12.8 Å². The van der Waals surface area contributed by atoms with Crippen LogP contribution in [0.2, 0.25) is 0 Å². The van der Waals surface area contributed by atoms with Crippen molar-refractivity contribution in [2.75, 3.05) is 19.8 Å². The number of carboxylic acid groups (broad SMARTS) is 1. The lowest BCUT2D eigenvalue weighted by atomic mass is 10.0. The zero-order valence-corrected chi connectivity index (χ0v) is 39.5. The zero-order valence-electron chi connectivity index (χ0n) is 38.6. The van der Waals surface area contributed by atoms with Crippen LogP contribution in [-0.4, -0.2) is 59.9 Å². The van der Waals surface area contributed by atoms with Gasteiger partial charge in [-0.15, -0.1) is 0 Å². The van der Waals surface area contributed by atoms with Crippen molar-refractivity contribution in [1.29, 1.82) is 0 Å². The van der Waals surface area contributed by atoms with Gasteiger partial charge in [-0.05, 0) is 38.5 Å². The van der Waals surface area contributed by atoms with Crippen LogP contribution in [0.5, 0.6) is 0 Å². The summed E-state index contributed by atoms with van der Waals surface area (Å²) in [5.74, 6) is -2.36. The lowest BCUT2D eigenvalue weighted by Crippen LogP contribution is -2.34. The van der Waals surface area contributed by atoms with E-state index in [-0.39, 0.29) is 19.4 Å². The van der Waals surface area contributed by atoms with E-state index in [0.717, 1.165) is 38.5 Å². The highest BCUT2D eigenvalue weighted by atomic mass is 31.2. The Bertz CT molecular complexity index is 1070. The van der Waals surface area contributed by atoms with Crippen LogP contribution in [-0.2, 0) is 37.5 Å². The van der Waals surface area contributed by atoms with Crippen LogP contribution in [0.3, 0.4) is 0 Å². The average molecular weight is 874 g/mol. The molecule has 0 aromatic rings. The molecule has 3 unspecified atom stereocenters. The lowest BCUT2D eigenvalue weighted by molar-refractivity contribution is -0.161. The first kappa shape index (κ1) is 58.2. The largest absolute Gasteiger partial charge is 0.480 e. The molecule has 0 rings (SSSR count). The van der Waals surface area contributed by atoms with Crippen molar-refractivity contribution in [2.45, 2.75) is 257 Å². The van der Waals surface area contributed by atoms with E-state index in [1.54, 1.807) is 0 Å². The predicted octanol–water partition coefficient (Wildman–Crippen LogP) is 13.6. The molecule has 354 valence electrons. The minimum atomic E-state index is -4.71. The van der Waals surface area contributed by atoms with Gasteiger partial charge in [0.2, 0.25) is 0 Å². The number of carbonyl (C=O) groups is 3. The second-order valence-electron chi connectivity index (χ2n) is 17.0. The Morgan fingerprint density at radius 3 is 1.22 bits per heavy atom. The van der Waals surface area contributed by atoms with Gasteiger partial charge in [0.1, 0.15) is 12.6 Å². The number of phosphoric ester groups is 1. The molecule has 0 heterocycles. The Morgan fingerprint density at radius 1 is 0.500 bits per heavy atom. The van der Waals surface area contributed by atoms with Crippen molar-refractivity contribution in [3.05, 3.63) is 12.2 Å². The van der Waals surface area contributed by atoms with Crippen LogP contribution in [0.1, 0.15) is 245 Å². The van der Waals surface area contributed by atoms with Crippen molar-refractivity contribution in [1.82, 2.24) is 0 Å². The summed E-state index contributed by atoms with van der Waals surface area (Å²) in [6, 6.07) is -1.52. The van der Waals surface area contributed by atoms with Gasteiger partial charge in [0.15, 0.2) is 6.10 Å². The first-order valence-electron chi connectivity index (χ1n) is 24.7. The van der Waals surface area contributed by atoms with Gasteiger partial charge in [-0.1, -0.05) is 206 Å². The van der Waals surface area contributed by atoms with Gasteiger partial charge in [-0.3, -0.25) is 23.4 Å². The summed E-state index contributed by atoms with van der Waals surface area (Å²) in [5, 5.41) is 8.91. The van der Waals surface area contributed by atoms with Crippen LogP contribution in [0.25, 0.3) is 0 Å². The normalized spacial score (nSPS) is 13.7. The fourth-order valence-electron chi connectivity index (χ4n) is 7.12. The van der Waals surface area contributed by atoms with Gasteiger partial charge < -0.3 is 25.2 Å². The molecule has 0 aromatic carbocycles. The van der Waals surface area contributed by atoms with Crippen molar-refractivity contribution in [2.24, 2.45) is 5.73 Å². The number of phosphoric acid groups is 1. The third kappa shape index (κ3) is 42.9. The summed E-state index contributed by atoms with van der Waals surface area (Å²) >= 11 is 0. The van der Waals surface area contributed by atoms with Crippen LogP contribution in [0.15, 0.2) is 12.2 Å². The van der Waals surface area contributed by atoms with E-state index in [1.807, 2.05) is 0 Å². The molecule has 4 N–H and O–H groups in total. The molecule has 0 aromatic heterocycles. The highest BCUT2D eigenvalue weighted by Crippen LogP contribution is 2.43. The smallest absolute Gasteiger partial charge is 0.472 e. The molecule has 0 aliphatic carbocycles. The maximum Gasteiger partial charge on any atom is 0.472 e. The number of hydrogen-bond donors (Lipinski definition) is 3. The van der Waals surface area contributed by atoms with Gasteiger partial charge in [0.05, 0.1) is 13.2 Å². The molecule has 12 heteroatoms. The number of unbranched alkanes of at least 4 members (excludes halogenated alkanes) is 31. The maximum absolute atomic E-state index is 12.7. The predicted molar refractivity (Wildman–Crippen MR) is 245 cm³/mol. The lowest BCUT2D eigenvalue weighted by Gasteiger charge is -2.20. The molecule has 0 radical (unpaired) electrons. The van der Waals surface area contributed by atoms with Crippen molar-refractivity contribution in [3.63, 3.8) is 0 Å². The van der Waals surface area contributed by atoms with Crippen LogP contribution >= 0.6 is 7.82 Å². The molecule has 0 bridgehead atoms. The van der Waals surface area contributed by atoms with Crippen LogP contribution in [0.4, 0.5) is 0 Å². The van der Waals surface area contributed by atoms with Gasteiger partial charge in [0.25, 0.3) is 0 Å². The fraction of sp³-hybridized carbons (Fsp3) is 0.896. The SMILES string of the molecule is CCCCCCCC/C=C\CCCCCCCCCCCC(=O)OC(COC(=O)CCCCCCCCCCCCCCCCCCC)COP(=O)(O)OCC(N)C(=O)O. The Kier molecular flexibility index (Phi) is 42.6. The summed E-state index contributed by atoms with van der Waals surface area (Å²) in [5.41, 5.74) is 5.35. The molecular formula is C48H92NO10P. The highest BCUT2D eigenvalue weighted by molar-refractivity contribution is 7.47. The number of rotatable bonds is 47. The van der Waals surface area contributed by atoms with E-state index in [4.69, 9.17) is 24.8 Å². The molecule has 60 heavy (non-hydrogen) atoms. The Morgan fingerprint density at radius 2 is 0.833 bits per heavy atom. The van der Waals surface area contributed by atoms with E-state index in [9.17, 15) is 23.8 Å². The third-order valence-corrected chi connectivity index (χ3v) is 12.0. The quantitative estimate of drug-likeness (QED) is 0.0230. The summed E-state index contributed by atoms with van der Waals surface area (Å²) in [4.78, 5) is 46.1. The fourth-order valence-corrected chi connectivity index (χ4v) is 7.90. The second kappa shape index (κ2) is 43.9. The molecular weight excluding hydrogens is 781 g/mol. The number of ether oxygens (including phenoxy) is 2. The van der Waals surface area contributed by atoms with E-state index < -0.39 is 51.1 Å². The molecule has 0 aliphatic heterocycles. The third-order valence-electron chi connectivity index (χ3n) is 11.0. The number of aliphatic carboxylic acids is 1. The first-order valence-corrected chi connectivity index (χ1v) is 26.2. The van der Waals surface area contributed by atoms with Crippen molar-refractivity contribution < 1.29 is 47.5 Å². The first-order chi connectivity index (χ1) is 29.1. The number of nitrogens with two attached hydrogens (primary N) is 1. The summed E-state index contributed by atoms with van der Waals surface area (Å²) in [7, 11) is -4.71. The Labute approximate surface area is 367 Å². The minimum Gasteiger partial charge on any atom is -0.480 e. The van der Waals surface area contributed by atoms with E-state index in [0.29, 0.717) is 12.8 Å². The molecule has 0 saturated heterocycles. The summed E-state index contributed by atoms with van der Waals surface area (Å²) in [6.07, 6.45) is 45.5. The summed E-state index contributed by atoms with van der Waals surface area (Å²) < 4.78 is 32.8. The van der Waals surface area contributed by atoms with E-state index in [1.165, 1.54) is 167 Å².